The summed E-state index contributed by atoms with van der Waals surface area (Å²) in [4.78, 5) is 0. The number of halogens is 3. The molecule has 0 aliphatic rings. The van der Waals surface area contributed by atoms with Crippen LogP contribution in [0.15, 0.2) is 46.9 Å². The van der Waals surface area contributed by atoms with E-state index in [0.717, 1.165) is 10.0 Å². The second-order valence-electron chi connectivity index (χ2n) is 4.39. The van der Waals surface area contributed by atoms with E-state index < -0.39 is 0 Å². The van der Waals surface area contributed by atoms with Gasteiger partial charge >= 0.3 is 0 Å². The highest BCUT2D eigenvalue weighted by atomic mass is 79.9. The van der Waals surface area contributed by atoms with E-state index in [1.165, 1.54) is 17.7 Å². The molecule has 0 saturated heterocycles. The first kappa shape index (κ1) is 14.5. The molecule has 0 aromatic heterocycles. The molecule has 4 heteroatoms. The molecule has 0 amide bonds. The molecule has 1 nitrogen and oxygen atoms in total. The normalized spacial score (nSPS) is 12.4. The number of benzene rings is 2. The van der Waals surface area contributed by atoms with E-state index in [1.54, 1.807) is 6.07 Å². The van der Waals surface area contributed by atoms with Gasteiger partial charge in [0.1, 0.15) is 5.82 Å². The van der Waals surface area contributed by atoms with Gasteiger partial charge in [-0.2, -0.15) is 0 Å². The summed E-state index contributed by atoms with van der Waals surface area (Å²) in [6.45, 7) is 2.60. The second-order valence-corrected chi connectivity index (χ2v) is 5.71. The molecule has 19 heavy (non-hydrogen) atoms. The lowest BCUT2D eigenvalue weighted by Gasteiger charge is -2.15. The molecule has 2 aromatic carbocycles. The van der Waals surface area contributed by atoms with Gasteiger partial charge in [-0.15, -0.1) is 0 Å². The summed E-state index contributed by atoms with van der Waals surface area (Å²) in [6, 6.07) is 12.7. The van der Waals surface area contributed by atoms with E-state index >= 15 is 0 Å². The predicted molar refractivity (Wildman–Crippen MR) is 80.8 cm³/mol. The zero-order chi connectivity index (χ0) is 13.8. The SMILES string of the molecule is C[C@@H](NCc1cc(F)ccc1Cl)c1ccc(Br)cc1. The third kappa shape index (κ3) is 4.03. The van der Waals surface area contributed by atoms with Gasteiger partial charge in [0.25, 0.3) is 0 Å². The van der Waals surface area contributed by atoms with Gasteiger partial charge < -0.3 is 5.32 Å². The van der Waals surface area contributed by atoms with Crippen molar-refractivity contribution in [2.75, 3.05) is 0 Å². The van der Waals surface area contributed by atoms with Crippen LogP contribution < -0.4 is 5.32 Å². The number of hydrogen-bond donors (Lipinski definition) is 1. The van der Waals surface area contributed by atoms with Crippen LogP contribution in [0.2, 0.25) is 5.02 Å². The Morgan fingerprint density at radius 3 is 2.58 bits per heavy atom. The molecule has 0 fully saturated rings. The van der Waals surface area contributed by atoms with E-state index in [9.17, 15) is 4.39 Å². The van der Waals surface area contributed by atoms with Gasteiger partial charge in [-0.3, -0.25) is 0 Å². The minimum absolute atomic E-state index is 0.174. The predicted octanol–water partition coefficient (Wildman–Crippen LogP) is 5.09. The van der Waals surface area contributed by atoms with Crippen molar-refractivity contribution in [2.45, 2.75) is 19.5 Å². The molecule has 2 rings (SSSR count). The fourth-order valence-electron chi connectivity index (χ4n) is 1.81. The standard InChI is InChI=1S/C15H14BrClFN/c1-10(11-2-4-13(16)5-3-11)19-9-12-8-14(18)6-7-15(12)17/h2-8,10,19H,9H2,1H3/t10-/m1/s1. The molecule has 0 aliphatic heterocycles. The summed E-state index contributed by atoms with van der Waals surface area (Å²) in [5.74, 6) is -0.266. The lowest BCUT2D eigenvalue weighted by molar-refractivity contribution is 0.569. The van der Waals surface area contributed by atoms with Crippen LogP contribution in [-0.4, -0.2) is 0 Å². The van der Waals surface area contributed by atoms with Gasteiger partial charge in [-0.05, 0) is 48.4 Å². The van der Waals surface area contributed by atoms with Gasteiger partial charge in [-0.1, -0.05) is 39.7 Å². The van der Waals surface area contributed by atoms with Gasteiger partial charge in [0.2, 0.25) is 0 Å². The van der Waals surface area contributed by atoms with Crippen molar-refractivity contribution in [3.8, 4) is 0 Å². The first-order valence-electron chi connectivity index (χ1n) is 5.99. The molecule has 0 spiro atoms. The minimum Gasteiger partial charge on any atom is -0.306 e. The third-order valence-electron chi connectivity index (χ3n) is 2.98. The summed E-state index contributed by atoms with van der Waals surface area (Å²) in [5.41, 5.74) is 1.95. The molecule has 1 N–H and O–H groups in total. The lowest BCUT2D eigenvalue weighted by atomic mass is 10.1. The van der Waals surface area contributed by atoms with Crippen molar-refractivity contribution in [1.29, 1.82) is 0 Å². The van der Waals surface area contributed by atoms with Crippen LogP contribution in [0, 0.1) is 5.82 Å². The molecule has 100 valence electrons. The molecule has 0 heterocycles. The first-order chi connectivity index (χ1) is 9.06. The average molecular weight is 343 g/mol. The van der Waals surface area contributed by atoms with Gasteiger partial charge in [0.15, 0.2) is 0 Å². The van der Waals surface area contributed by atoms with Crippen LogP contribution in [0.4, 0.5) is 4.39 Å². The van der Waals surface area contributed by atoms with Gasteiger partial charge in [-0.25, -0.2) is 4.39 Å². The minimum atomic E-state index is -0.266. The Morgan fingerprint density at radius 2 is 1.89 bits per heavy atom. The summed E-state index contributed by atoms with van der Waals surface area (Å²) in [7, 11) is 0. The van der Waals surface area contributed by atoms with E-state index in [-0.39, 0.29) is 11.9 Å². The number of hydrogen-bond acceptors (Lipinski definition) is 1. The molecule has 2 aromatic rings. The Morgan fingerprint density at radius 1 is 1.21 bits per heavy atom. The molecular weight excluding hydrogens is 329 g/mol. The van der Waals surface area contributed by atoms with E-state index in [4.69, 9.17) is 11.6 Å². The summed E-state index contributed by atoms with van der Waals surface area (Å²) >= 11 is 9.44. The first-order valence-corrected chi connectivity index (χ1v) is 7.16. The summed E-state index contributed by atoms with van der Waals surface area (Å²) in [5, 5.41) is 3.92. The highest BCUT2D eigenvalue weighted by Gasteiger charge is 2.07. The smallest absolute Gasteiger partial charge is 0.123 e. The topological polar surface area (TPSA) is 12.0 Å². The lowest BCUT2D eigenvalue weighted by Crippen LogP contribution is -2.18. The Hall–Kier alpha value is -0.900. The number of rotatable bonds is 4. The van der Waals surface area contributed by atoms with Crippen LogP contribution in [0.25, 0.3) is 0 Å². The Kier molecular flexibility index (Phi) is 4.97. The zero-order valence-corrected chi connectivity index (χ0v) is 12.8. The maximum absolute atomic E-state index is 13.1. The molecular formula is C15H14BrClFN. The van der Waals surface area contributed by atoms with Gasteiger partial charge in [0.05, 0.1) is 0 Å². The molecule has 1 atom stereocenters. The molecule has 0 aliphatic carbocycles. The zero-order valence-electron chi connectivity index (χ0n) is 10.5. The maximum Gasteiger partial charge on any atom is 0.123 e. The Labute approximate surface area is 125 Å². The summed E-state index contributed by atoms with van der Waals surface area (Å²) in [6.07, 6.45) is 0. The Balaban J connectivity index is 2.02. The third-order valence-corrected chi connectivity index (χ3v) is 3.87. The number of nitrogens with one attached hydrogen (secondary N) is 1. The average Bonchev–Trinajstić information content (AvgIpc) is 2.40. The van der Waals surface area contributed by atoms with Crippen LogP contribution in [0.5, 0.6) is 0 Å². The highest BCUT2D eigenvalue weighted by Crippen LogP contribution is 2.20. The molecule has 0 bridgehead atoms. The monoisotopic (exact) mass is 341 g/mol. The van der Waals surface area contributed by atoms with Crippen molar-refractivity contribution in [1.82, 2.24) is 5.32 Å². The van der Waals surface area contributed by atoms with E-state index in [0.29, 0.717) is 11.6 Å². The van der Waals surface area contributed by atoms with Crippen molar-refractivity contribution >= 4 is 27.5 Å². The quantitative estimate of drug-likeness (QED) is 0.816. The van der Waals surface area contributed by atoms with Crippen molar-refractivity contribution < 1.29 is 4.39 Å². The van der Waals surface area contributed by atoms with E-state index in [1.807, 2.05) is 12.1 Å². The van der Waals surface area contributed by atoms with Crippen molar-refractivity contribution in [3.63, 3.8) is 0 Å². The summed E-state index contributed by atoms with van der Waals surface area (Å²) < 4.78 is 14.2. The highest BCUT2D eigenvalue weighted by molar-refractivity contribution is 9.10. The van der Waals surface area contributed by atoms with Crippen LogP contribution in [0.1, 0.15) is 24.1 Å². The van der Waals surface area contributed by atoms with E-state index in [2.05, 4.69) is 40.3 Å². The van der Waals surface area contributed by atoms with Crippen LogP contribution >= 0.6 is 27.5 Å². The van der Waals surface area contributed by atoms with Gasteiger partial charge in [0, 0.05) is 22.1 Å². The molecule has 0 unspecified atom stereocenters. The van der Waals surface area contributed by atoms with Crippen molar-refractivity contribution in [2.24, 2.45) is 0 Å². The van der Waals surface area contributed by atoms with Crippen LogP contribution in [0.3, 0.4) is 0 Å². The fraction of sp³-hybridized carbons (Fsp3) is 0.200. The molecule has 0 radical (unpaired) electrons. The second kappa shape index (κ2) is 6.51. The van der Waals surface area contributed by atoms with Crippen molar-refractivity contribution in [3.05, 3.63) is 68.9 Å². The fourth-order valence-corrected chi connectivity index (χ4v) is 2.26. The van der Waals surface area contributed by atoms with Crippen LogP contribution in [-0.2, 0) is 6.54 Å². The molecule has 0 saturated carbocycles. The maximum atomic E-state index is 13.1. The largest absolute Gasteiger partial charge is 0.306 e. The Bertz CT molecular complexity index is 557.